The summed E-state index contributed by atoms with van der Waals surface area (Å²) in [6.07, 6.45) is 2.36. The van der Waals surface area contributed by atoms with Crippen molar-refractivity contribution in [1.29, 1.82) is 0 Å². The van der Waals surface area contributed by atoms with Crippen LogP contribution in [0.5, 0.6) is 0 Å². The van der Waals surface area contributed by atoms with Gasteiger partial charge in [-0.15, -0.1) is 0 Å². The Bertz CT molecular complexity index is 791. The summed E-state index contributed by atoms with van der Waals surface area (Å²) in [4.78, 5) is 8.98. The van der Waals surface area contributed by atoms with Crippen molar-refractivity contribution in [3.8, 4) is 0 Å². The summed E-state index contributed by atoms with van der Waals surface area (Å²) in [6.45, 7) is 0. The molecule has 2 aromatic carbocycles. The monoisotopic (exact) mass is 361 g/mol. The second-order valence-corrected chi connectivity index (χ2v) is 6.15. The van der Waals surface area contributed by atoms with E-state index in [1.807, 2.05) is 42.5 Å². The van der Waals surface area contributed by atoms with E-state index in [0.717, 1.165) is 26.8 Å². The quantitative estimate of drug-likeness (QED) is 0.756. The average molecular weight is 363 g/mol. The molecular weight excluding hydrogens is 350 g/mol. The van der Waals surface area contributed by atoms with Gasteiger partial charge in [0.1, 0.15) is 0 Å². The number of aromatic nitrogens is 2. The van der Waals surface area contributed by atoms with Crippen molar-refractivity contribution in [1.82, 2.24) is 9.97 Å². The van der Waals surface area contributed by atoms with Gasteiger partial charge in [0.2, 0.25) is 0 Å². The minimum absolute atomic E-state index is 0.235. The van der Waals surface area contributed by atoms with Gasteiger partial charge >= 0.3 is 0 Å². The molecule has 1 atom stereocenters. The lowest BCUT2D eigenvalue weighted by Gasteiger charge is -2.13. The number of halogens is 2. The van der Waals surface area contributed by atoms with Gasteiger partial charge in [0.25, 0.3) is 0 Å². The molecule has 0 spiro atoms. The van der Waals surface area contributed by atoms with Crippen LogP contribution in [0.15, 0.2) is 53.1 Å². The number of para-hydroxylation sites is 2. The minimum atomic E-state index is -0.235. The maximum atomic E-state index is 6.25. The van der Waals surface area contributed by atoms with Crippen molar-refractivity contribution < 1.29 is 0 Å². The molecule has 0 aliphatic rings. The third-order valence-electron chi connectivity index (χ3n) is 3.30. The molecule has 1 unspecified atom stereocenters. The maximum Gasteiger partial charge on any atom is 0.0890 e. The normalized spacial score (nSPS) is 12.5. The molecule has 1 heterocycles. The minimum Gasteiger partial charge on any atom is -0.322 e. The highest BCUT2D eigenvalue weighted by Gasteiger charge is 2.12. The number of fused-ring (bicyclic) bond motifs is 1. The van der Waals surface area contributed by atoms with E-state index in [4.69, 9.17) is 17.3 Å². The second-order valence-electron chi connectivity index (χ2n) is 4.83. The van der Waals surface area contributed by atoms with Gasteiger partial charge in [0.15, 0.2) is 0 Å². The Morgan fingerprint density at radius 3 is 2.67 bits per heavy atom. The SMILES string of the molecule is NC(Cc1ccc(Br)cc1Cl)c1cnc2ccccc2n1. The van der Waals surface area contributed by atoms with E-state index in [2.05, 4.69) is 25.9 Å². The van der Waals surface area contributed by atoms with Gasteiger partial charge in [-0.25, -0.2) is 4.98 Å². The first-order valence-corrected chi connectivity index (χ1v) is 7.72. The van der Waals surface area contributed by atoms with Gasteiger partial charge in [-0.1, -0.05) is 45.7 Å². The Balaban J connectivity index is 1.87. The fourth-order valence-electron chi connectivity index (χ4n) is 2.18. The molecule has 0 saturated heterocycles. The molecule has 0 radical (unpaired) electrons. The van der Waals surface area contributed by atoms with E-state index in [9.17, 15) is 0 Å². The van der Waals surface area contributed by atoms with Crippen LogP contribution >= 0.6 is 27.5 Å². The number of benzene rings is 2. The van der Waals surface area contributed by atoms with E-state index in [-0.39, 0.29) is 6.04 Å². The molecule has 106 valence electrons. The Hall–Kier alpha value is -1.49. The Morgan fingerprint density at radius 2 is 1.90 bits per heavy atom. The molecule has 0 amide bonds. The molecule has 3 aromatic rings. The molecule has 0 saturated carbocycles. The standard InChI is InChI=1S/C16H13BrClN3/c17-11-6-5-10(12(18)8-11)7-13(19)16-9-20-14-3-1-2-4-15(14)21-16/h1-6,8-9,13H,7,19H2. The summed E-state index contributed by atoms with van der Waals surface area (Å²) in [5, 5.41) is 0.702. The summed E-state index contributed by atoms with van der Waals surface area (Å²) in [5.41, 5.74) is 9.75. The summed E-state index contributed by atoms with van der Waals surface area (Å²) in [5.74, 6) is 0. The molecule has 0 bridgehead atoms. The van der Waals surface area contributed by atoms with Crippen LogP contribution in [-0.4, -0.2) is 9.97 Å². The summed E-state index contributed by atoms with van der Waals surface area (Å²) < 4.78 is 0.954. The van der Waals surface area contributed by atoms with Crippen LogP contribution in [0.25, 0.3) is 11.0 Å². The molecule has 3 nitrogen and oxygen atoms in total. The molecule has 21 heavy (non-hydrogen) atoms. The number of rotatable bonds is 3. The van der Waals surface area contributed by atoms with Crippen molar-refractivity contribution in [3.63, 3.8) is 0 Å². The zero-order chi connectivity index (χ0) is 14.8. The van der Waals surface area contributed by atoms with Crippen LogP contribution in [0.1, 0.15) is 17.3 Å². The molecular formula is C16H13BrClN3. The van der Waals surface area contributed by atoms with Gasteiger partial charge in [0.05, 0.1) is 29.0 Å². The summed E-state index contributed by atoms with van der Waals surface area (Å²) in [7, 11) is 0. The van der Waals surface area contributed by atoms with E-state index >= 15 is 0 Å². The van der Waals surface area contributed by atoms with Crippen LogP contribution in [0.3, 0.4) is 0 Å². The van der Waals surface area contributed by atoms with Crippen LogP contribution in [0, 0.1) is 0 Å². The van der Waals surface area contributed by atoms with Crippen molar-refractivity contribution in [3.05, 3.63) is 69.4 Å². The molecule has 0 fully saturated rings. The zero-order valence-electron chi connectivity index (χ0n) is 11.1. The predicted octanol–water partition coefficient (Wildman–Crippen LogP) is 4.29. The lowest BCUT2D eigenvalue weighted by atomic mass is 10.0. The van der Waals surface area contributed by atoms with Crippen molar-refractivity contribution >= 4 is 38.6 Å². The summed E-state index contributed by atoms with van der Waals surface area (Å²) in [6, 6.07) is 13.3. The van der Waals surface area contributed by atoms with Crippen molar-refractivity contribution in [2.75, 3.05) is 0 Å². The Kier molecular flexibility index (Phi) is 4.19. The van der Waals surface area contributed by atoms with Gasteiger partial charge < -0.3 is 5.73 Å². The zero-order valence-corrected chi connectivity index (χ0v) is 13.5. The van der Waals surface area contributed by atoms with Gasteiger partial charge in [-0.2, -0.15) is 0 Å². The molecule has 0 aliphatic carbocycles. The first kappa shape index (κ1) is 14.4. The molecule has 0 aliphatic heterocycles. The van der Waals surface area contributed by atoms with Crippen molar-refractivity contribution in [2.24, 2.45) is 5.73 Å². The first-order chi connectivity index (χ1) is 10.1. The highest BCUT2D eigenvalue weighted by molar-refractivity contribution is 9.10. The molecule has 1 aromatic heterocycles. The highest BCUT2D eigenvalue weighted by Crippen LogP contribution is 2.25. The molecule has 2 N–H and O–H groups in total. The predicted molar refractivity (Wildman–Crippen MR) is 89.3 cm³/mol. The van der Waals surface area contributed by atoms with Crippen LogP contribution in [0.2, 0.25) is 5.02 Å². The Labute approximate surface area is 136 Å². The average Bonchev–Trinajstić information content (AvgIpc) is 2.49. The van der Waals surface area contributed by atoms with E-state index in [0.29, 0.717) is 11.4 Å². The Morgan fingerprint density at radius 1 is 1.14 bits per heavy atom. The highest BCUT2D eigenvalue weighted by atomic mass is 79.9. The molecule has 3 rings (SSSR count). The van der Waals surface area contributed by atoms with Crippen LogP contribution < -0.4 is 5.73 Å². The van der Waals surface area contributed by atoms with E-state index in [1.54, 1.807) is 6.20 Å². The topological polar surface area (TPSA) is 51.8 Å². The third-order valence-corrected chi connectivity index (χ3v) is 4.15. The first-order valence-electron chi connectivity index (χ1n) is 6.54. The lowest BCUT2D eigenvalue weighted by molar-refractivity contribution is 0.696. The third kappa shape index (κ3) is 3.23. The van der Waals surface area contributed by atoms with Gasteiger partial charge in [-0.3, -0.25) is 4.98 Å². The number of nitrogens with two attached hydrogens (primary N) is 1. The maximum absolute atomic E-state index is 6.25. The number of hydrogen-bond donors (Lipinski definition) is 1. The lowest BCUT2D eigenvalue weighted by Crippen LogP contribution is -2.15. The summed E-state index contributed by atoms with van der Waals surface area (Å²) >= 11 is 9.63. The van der Waals surface area contributed by atoms with Gasteiger partial charge in [0, 0.05) is 9.50 Å². The number of hydrogen-bond acceptors (Lipinski definition) is 3. The van der Waals surface area contributed by atoms with E-state index in [1.165, 1.54) is 0 Å². The fourth-order valence-corrected chi connectivity index (χ4v) is 2.93. The van der Waals surface area contributed by atoms with E-state index < -0.39 is 0 Å². The largest absolute Gasteiger partial charge is 0.322 e. The van der Waals surface area contributed by atoms with Gasteiger partial charge in [-0.05, 0) is 36.2 Å². The smallest absolute Gasteiger partial charge is 0.0890 e. The fraction of sp³-hybridized carbons (Fsp3) is 0.125. The number of nitrogens with zero attached hydrogens (tertiary/aromatic N) is 2. The van der Waals surface area contributed by atoms with Crippen LogP contribution in [-0.2, 0) is 6.42 Å². The molecule has 5 heteroatoms. The van der Waals surface area contributed by atoms with Crippen LogP contribution in [0.4, 0.5) is 0 Å². The second kappa shape index (κ2) is 6.10. The van der Waals surface area contributed by atoms with Crippen molar-refractivity contribution in [2.45, 2.75) is 12.5 Å².